The first-order valence-corrected chi connectivity index (χ1v) is 9.78. The number of amides is 1. The molecule has 6 heteroatoms. The summed E-state index contributed by atoms with van der Waals surface area (Å²) in [5, 5.41) is 3.94. The molecule has 0 aliphatic rings. The summed E-state index contributed by atoms with van der Waals surface area (Å²) in [5.41, 5.74) is 3.45. The number of hydrogen-bond acceptors (Lipinski definition) is 3. The molecule has 152 valence electrons. The maximum atomic E-state index is 12.4. The van der Waals surface area contributed by atoms with E-state index in [2.05, 4.69) is 10.3 Å². The highest BCUT2D eigenvalue weighted by Crippen LogP contribution is 2.18. The lowest BCUT2D eigenvalue weighted by molar-refractivity contribution is -0.120. The number of nitrogens with one attached hydrogen (secondary N) is 2. The lowest BCUT2D eigenvalue weighted by Gasteiger charge is -2.12. The number of nitrogens with zero attached hydrogens (tertiary/aromatic N) is 1. The van der Waals surface area contributed by atoms with Crippen molar-refractivity contribution in [3.63, 3.8) is 0 Å². The van der Waals surface area contributed by atoms with E-state index in [-0.39, 0.29) is 30.1 Å². The third-order valence-electron chi connectivity index (χ3n) is 5.03. The third-order valence-corrected chi connectivity index (χ3v) is 5.03. The van der Waals surface area contributed by atoms with Crippen LogP contribution in [0.1, 0.15) is 16.8 Å². The Morgan fingerprint density at radius 1 is 1.10 bits per heavy atom. The van der Waals surface area contributed by atoms with Crippen LogP contribution in [0.5, 0.6) is 5.75 Å². The third kappa shape index (κ3) is 4.43. The van der Waals surface area contributed by atoms with E-state index in [0.717, 1.165) is 22.0 Å². The number of para-hydroxylation sites is 1. The van der Waals surface area contributed by atoms with Crippen molar-refractivity contribution in [1.29, 1.82) is 0 Å². The van der Waals surface area contributed by atoms with E-state index < -0.39 is 0 Å². The van der Waals surface area contributed by atoms with Gasteiger partial charge in [0.25, 0.3) is 0 Å². The summed E-state index contributed by atoms with van der Waals surface area (Å²) >= 11 is 0. The van der Waals surface area contributed by atoms with E-state index in [4.69, 9.17) is 4.74 Å². The molecule has 2 aromatic heterocycles. The average molecular weight is 401 g/mol. The molecule has 2 aromatic carbocycles. The van der Waals surface area contributed by atoms with Gasteiger partial charge in [0.15, 0.2) is 5.75 Å². The highest BCUT2D eigenvalue weighted by molar-refractivity contribution is 5.88. The quantitative estimate of drug-likeness (QED) is 0.499. The number of H-pyrrole nitrogens is 1. The molecule has 0 spiro atoms. The maximum Gasteiger partial charge on any atom is 0.224 e. The Morgan fingerprint density at radius 2 is 1.87 bits per heavy atom. The van der Waals surface area contributed by atoms with Gasteiger partial charge >= 0.3 is 0 Å². The first-order valence-electron chi connectivity index (χ1n) is 9.78. The van der Waals surface area contributed by atoms with Crippen LogP contribution in [0.25, 0.3) is 10.9 Å². The minimum absolute atomic E-state index is 0.100. The number of aromatic nitrogens is 2. The van der Waals surface area contributed by atoms with Crippen LogP contribution in [0.3, 0.4) is 0 Å². The summed E-state index contributed by atoms with van der Waals surface area (Å²) in [6.45, 7) is 0.600. The first kappa shape index (κ1) is 19.5. The Balaban J connectivity index is 1.38. The highest BCUT2D eigenvalue weighted by Gasteiger charge is 2.10. The summed E-state index contributed by atoms with van der Waals surface area (Å²) in [7, 11) is 1.83. The standard InChI is InChI=1S/C24H23N3O3/c1-27-15-23(30-16-17-7-3-2-4-8-17)22(28)12-19(27)14-26-24(29)11-18-13-25-21-10-6-5-9-20(18)21/h2-10,12-13,15,25H,11,14,16H2,1H3,(H,26,29). The van der Waals surface area contributed by atoms with E-state index in [1.807, 2.05) is 67.8 Å². The molecule has 2 N–H and O–H groups in total. The minimum Gasteiger partial charge on any atom is -0.483 e. The molecule has 0 aliphatic heterocycles. The van der Waals surface area contributed by atoms with E-state index in [1.54, 1.807) is 10.8 Å². The monoisotopic (exact) mass is 401 g/mol. The van der Waals surface area contributed by atoms with E-state index >= 15 is 0 Å². The summed E-state index contributed by atoms with van der Waals surface area (Å²) in [4.78, 5) is 28.0. The molecule has 1 amide bonds. The van der Waals surface area contributed by atoms with Crippen molar-refractivity contribution in [3.8, 4) is 5.75 Å². The Hall–Kier alpha value is -3.80. The molecular formula is C24H23N3O3. The van der Waals surface area contributed by atoms with Gasteiger partial charge in [-0.25, -0.2) is 0 Å². The Bertz CT molecular complexity index is 1230. The lowest BCUT2D eigenvalue weighted by atomic mass is 10.1. The van der Waals surface area contributed by atoms with E-state index in [1.165, 1.54) is 6.07 Å². The second-order valence-electron chi connectivity index (χ2n) is 7.19. The Kier molecular flexibility index (Phi) is 5.66. The van der Waals surface area contributed by atoms with Gasteiger partial charge in [0, 0.05) is 35.9 Å². The van der Waals surface area contributed by atoms with Gasteiger partial charge in [-0.05, 0) is 17.2 Å². The molecule has 4 aromatic rings. The number of ether oxygens (including phenoxy) is 1. The largest absolute Gasteiger partial charge is 0.483 e. The molecule has 0 fully saturated rings. The van der Waals surface area contributed by atoms with Crippen molar-refractivity contribution in [2.75, 3.05) is 0 Å². The van der Waals surface area contributed by atoms with Gasteiger partial charge in [0.1, 0.15) is 6.61 Å². The van der Waals surface area contributed by atoms with Crippen molar-refractivity contribution in [2.45, 2.75) is 19.6 Å². The number of pyridine rings is 1. The zero-order valence-electron chi connectivity index (χ0n) is 16.7. The van der Waals surface area contributed by atoms with Gasteiger partial charge in [-0.3, -0.25) is 9.59 Å². The highest BCUT2D eigenvalue weighted by atomic mass is 16.5. The fraction of sp³-hybridized carbons (Fsp3) is 0.167. The van der Waals surface area contributed by atoms with Gasteiger partial charge < -0.3 is 19.6 Å². The van der Waals surface area contributed by atoms with Crippen LogP contribution in [0.15, 0.2) is 77.9 Å². The van der Waals surface area contributed by atoms with Crippen molar-refractivity contribution in [3.05, 3.63) is 100 Å². The van der Waals surface area contributed by atoms with Crippen LogP contribution in [-0.4, -0.2) is 15.5 Å². The fourth-order valence-electron chi connectivity index (χ4n) is 3.37. The van der Waals surface area contributed by atoms with Crippen LogP contribution in [0.2, 0.25) is 0 Å². The zero-order valence-corrected chi connectivity index (χ0v) is 16.7. The van der Waals surface area contributed by atoms with Crippen LogP contribution >= 0.6 is 0 Å². The number of fused-ring (bicyclic) bond motifs is 1. The van der Waals surface area contributed by atoms with Crippen LogP contribution < -0.4 is 15.5 Å². The lowest BCUT2D eigenvalue weighted by Crippen LogP contribution is -2.27. The molecule has 4 rings (SSSR count). The number of carbonyl (C=O) groups is 1. The Labute approximate surface area is 174 Å². The smallest absolute Gasteiger partial charge is 0.224 e. The van der Waals surface area contributed by atoms with Crippen molar-refractivity contribution in [1.82, 2.24) is 14.9 Å². The molecule has 0 unspecified atom stereocenters. The number of aromatic amines is 1. The molecule has 0 radical (unpaired) electrons. The molecule has 0 saturated heterocycles. The molecular weight excluding hydrogens is 378 g/mol. The van der Waals surface area contributed by atoms with Gasteiger partial charge in [-0.15, -0.1) is 0 Å². The normalized spacial score (nSPS) is 10.8. The van der Waals surface area contributed by atoms with E-state index in [0.29, 0.717) is 12.3 Å². The topological polar surface area (TPSA) is 76.1 Å². The molecule has 30 heavy (non-hydrogen) atoms. The average Bonchev–Trinajstić information content (AvgIpc) is 3.16. The summed E-state index contributed by atoms with van der Waals surface area (Å²) in [6.07, 6.45) is 3.79. The second kappa shape index (κ2) is 8.69. The predicted molar refractivity (Wildman–Crippen MR) is 116 cm³/mol. The van der Waals surface area contributed by atoms with Crippen molar-refractivity contribution in [2.24, 2.45) is 7.05 Å². The Morgan fingerprint density at radius 3 is 2.70 bits per heavy atom. The molecule has 0 saturated carbocycles. The SMILES string of the molecule is Cn1cc(OCc2ccccc2)c(=O)cc1CNC(=O)Cc1c[nH]c2ccccc12. The number of benzene rings is 2. The van der Waals surface area contributed by atoms with Crippen LogP contribution in [-0.2, 0) is 31.4 Å². The predicted octanol–water partition coefficient (Wildman–Crippen LogP) is 3.30. The summed E-state index contributed by atoms with van der Waals surface area (Å²) < 4.78 is 7.47. The minimum atomic E-state index is -0.204. The summed E-state index contributed by atoms with van der Waals surface area (Å²) in [6, 6.07) is 19.1. The number of aryl methyl sites for hydroxylation is 1. The van der Waals surface area contributed by atoms with Crippen molar-refractivity contribution >= 4 is 16.8 Å². The molecule has 6 nitrogen and oxygen atoms in total. The van der Waals surface area contributed by atoms with Gasteiger partial charge in [0.05, 0.1) is 19.2 Å². The fourth-order valence-corrected chi connectivity index (χ4v) is 3.37. The molecule has 2 heterocycles. The molecule has 0 bridgehead atoms. The van der Waals surface area contributed by atoms with Gasteiger partial charge in [-0.1, -0.05) is 48.5 Å². The summed E-state index contributed by atoms with van der Waals surface area (Å²) in [5.74, 6) is 0.187. The van der Waals surface area contributed by atoms with Crippen LogP contribution in [0, 0.1) is 0 Å². The van der Waals surface area contributed by atoms with Crippen LogP contribution in [0.4, 0.5) is 0 Å². The van der Waals surface area contributed by atoms with Gasteiger partial charge in [0.2, 0.25) is 11.3 Å². The van der Waals surface area contributed by atoms with Gasteiger partial charge in [-0.2, -0.15) is 0 Å². The number of rotatable bonds is 7. The van der Waals surface area contributed by atoms with Crippen molar-refractivity contribution < 1.29 is 9.53 Å². The second-order valence-corrected chi connectivity index (χ2v) is 7.19. The number of hydrogen-bond donors (Lipinski definition) is 2. The first-order chi connectivity index (χ1) is 14.6. The molecule has 0 atom stereocenters. The zero-order chi connectivity index (χ0) is 20.9. The maximum absolute atomic E-state index is 12.4. The number of carbonyl (C=O) groups excluding carboxylic acids is 1. The molecule has 0 aliphatic carbocycles. The van der Waals surface area contributed by atoms with E-state index in [9.17, 15) is 9.59 Å².